The van der Waals surface area contributed by atoms with Gasteiger partial charge in [0, 0.05) is 5.92 Å². The van der Waals surface area contributed by atoms with Crippen LogP contribution in [0.25, 0.3) is 0 Å². The fraction of sp³-hybridized carbons (Fsp3) is 0.652. The fourth-order valence-electron chi connectivity index (χ4n) is 3.98. The lowest BCUT2D eigenvalue weighted by molar-refractivity contribution is -0.133. The molecule has 4 nitrogen and oxygen atoms in total. The Bertz CT molecular complexity index is 604. The number of hydrogen-bond donors (Lipinski definition) is 2. The lowest BCUT2D eigenvalue weighted by atomic mass is 9.76. The van der Waals surface area contributed by atoms with E-state index in [-0.39, 0.29) is 29.7 Å². The molecule has 27 heavy (non-hydrogen) atoms. The summed E-state index contributed by atoms with van der Waals surface area (Å²) in [6.07, 6.45) is 4.09. The molecule has 0 aromatic heterocycles. The second-order valence-corrected chi connectivity index (χ2v) is 8.73. The molecule has 0 saturated heterocycles. The van der Waals surface area contributed by atoms with Crippen molar-refractivity contribution in [3.8, 4) is 0 Å². The summed E-state index contributed by atoms with van der Waals surface area (Å²) in [5, 5.41) is 6.09. The zero-order valence-corrected chi connectivity index (χ0v) is 17.5. The Labute approximate surface area is 164 Å². The maximum Gasteiger partial charge on any atom is 0.243 e. The van der Waals surface area contributed by atoms with Gasteiger partial charge in [-0.3, -0.25) is 9.59 Å². The van der Waals surface area contributed by atoms with Crippen molar-refractivity contribution in [1.82, 2.24) is 10.6 Å². The van der Waals surface area contributed by atoms with Gasteiger partial charge in [0.25, 0.3) is 0 Å². The molecule has 1 aromatic carbocycles. The van der Waals surface area contributed by atoms with Crippen LogP contribution in [0.2, 0.25) is 0 Å². The summed E-state index contributed by atoms with van der Waals surface area (Å²) < 4.78 is 0. The smallest absolute Gasteiger partial charge is 0.243 e. The summed E-state index contributed by atoms with van der Waals surface area (Å²) in [5.74, 6) is 1.43. The maximum absolute atomic E-state index is 12.8. The van der Waals surface area contributed by atoms with E-state index in [9.17, 15) is 9.59 Å². The Hall–Kier alpha value is -1.84. The van der Waals surface area contributed by atoms with Gasteiger partial charge in [-0.25, -0.2) is 0 Å². The largest absolute Gasteiger partial charge is 0.348 e. The van der Waals surface area contributed by atoms with Crippen LogP contribution in [0.5, 0.6) is 0 Å². The third-order valence-corrected chi connectivity index (χ3v) is 5.99. The van der Waals surface area contributed by atoms with E-state index in [0.29, 0.717) is 5.92 Å². The summed E-state index contributed by atoms with van der Waals surface area (Å²) in [5.41, 5.74) is 1.06. The highest BCUT2D eigenvalue weighted by atomic mass is 16.2. The normalized spacial score (nSPS) is 22.3. The van der Waals surface area contributed by atoms with Gasteiger partial charge in [-0.15, -0.1) is 0 Å². The minimum absolute atomic E-state index is 0.0402. The van der Waals surface area contributed by atoms with Crippen molar-refractivity contribution in [1.29, 1.82) is 0 Å². The Balaban J connectivity index is 1.92. The summed E-state index contributed by atoms with van der Waals surface area (Å²) in [4.78, 5) is 25.6. The van der Waals surface area contributed by atoms with Gasteiger partial charge in [-0.2, -0.15) is 0 Å². The molecule has 2 amide bonds. The molecule has 2 rings (SSSR count). The second-order valence-electron chi connectivity index (χ2n) is 8.73. The predicted molar refractivity (Wildman–Crippen MR) is 110 cm³/mol. The molecule has 1 fully saturated rings. The number of amides is 2. The van der Waals surface area contributed by atoms with E-state index in [4.69, 9.17) is 0 Å². The molecule has 0 unspecified atom stereocenters. The van der Waals surface area contributed by atoms with Crippen molar-refractivity contribution < 1.29 is 9.59 Å². The van der Waals surface area contributed by atoms with Crippen molar-refractivity contribution in [2.24, 2.45) is 23.7 Å². The number of rotatable bonds is 7. The Morgan fingerprint density at radius 3 is 2.00 bits per heavy atom. The number of carbonyl (C=O) groups excluding carboxylic acids is 2. The van der Waals surface area contributed by atoms with Crippen LogP contribution in [0.1, 0.15) is 71.9 Å². The summed E-state index contributed by atoms with van der Waals surface area (Å²) >= 11 is 0. The van der Waals surface area contributed by atoms with Crippen molar-refractivity contribution in [3.63, 3.8) is 0 Å². The third kappa shape index (κ3) is 6.08. The predicted octanol–water partition coefficient (Wildman–Crippen LogP) is 4.47. The van der Waals surface area contributed by atoms with Crippen LogP contribution in [0.3, 0.4) is 0 Å². The molecule has 4 heteroatoms. The zero-order chi connectivity index (χ0) is 20.0. The highest BCUT2D eigenvalue weighted by molar-refractivity contribution is 5.88. The van der Waals surface area contributed by atoms with Crippen LogP contribution in [0.4, 0.5) is 0 Å². The minimum atomic E-state index is -0.494. The van der Waals surface area contributed by atoms with Crippen LogP contribution >= 0.6 is 0 Å². The van der Waals surface area contributed by atoms with Crippen LogP contribution in [-0.4, -0.2) is 17.9 Å². The molecule has 0 aliphatic heterocycles. The van der Waals surface area contributed by atoms with Crippen molar-refractivity contribution in [3.05, 3.63) is 35.9 Å². The Morgan fingerprint density at radius 1 is 0.889 bits per heavy atom. The minimum Gasteiger partial charge on any atom is -0.348 e. The van der Waals surface area contributed by atoms with E-state index in [1.807, 2.05) is 51.1 Å². The van der Waals surface area contributed by atoms with Crippen LogP contribution < -0.4 is 10.6 Å². The van der Waals surface area contributed by atoms with E-state index >= 15 is 0 Å². The van der Waals surface area contributed by atoms with Crippen molar-refractivity contribution >= 4 is 11.8 Å². The molecule has 150 valence electrons. The van der Waals surface area contributed by atoms with Crippen LogP contribution in [0.15, 0.2) is 30.3 Å². The van der Waals surface area contributed by atoms with Crippen molar-refractivity contribution in [2.45, 2.75) is 72.4 Å². The monoisotopic (exact) mass is 372 g/mol. The molecule has 0 bridgehead atoms. The average Bonchev–Trinajstić information content (AvgIpc) is 2.66. The molecule has 0 spiro atoms. The summed E-state index contributed by atoms with van der Waals surface area (Å²) in [6.45, 7) is 10.5. The van der Waals surface area contributed by atoms with Gasteiger partial charge in [0.2, 0.25) is 11.8 Å². The molecule has 0 heterocycles. The van der Waals surface area contributed by atoms with Crippen LogP contribution in [-0.2, 0) is 9.59 Å². The van der Waals surface area contributed by atoms with Gasteiger partial charge in [0.1, 0.15) is 6.04 Å². The molecular formula is C23H36N2O2. The average molecular weight is 373 g/mol. The van der Waals surface area contributed by atoms with E-state index in [1.165, 1.54) is 0 Å². The molecule has 1 aromatic rings. The maximum atomic E-state index is 12.8. The van der Waals surface area contributed by atoms with Gasteiger partial charge in [0.05, 0.1) is 6.04 Å². The summed E-state index contributed by atoms with van der Waals surface area (Å²) in [7, 11) is 0. The van der Waals surface area contributed by atoms with Gasteiger partial charge in [0.15, 0.2) is 0 Å². The number of carbonyl (C=O) groups is 2. The quantitative estimate of drug-likeness (QED) is 0.742. The first-order chi connectivity index (χ1) is 12.8. The second kappa shape index (κ2) is 9.91. The first kappa shape index (κ1) is 21.5. The highest BCUT2D eigenvalue weighted by Gasteiger charge is 2.31. The lowest BCUT2D eigenvalue weighted by Crippen LogP contribution is -2.51. The van der Waals surface area contributed by atoms with Crippen molar-refractivity contribution in [2.75, 3.05) is 0 Å². The molecule has 1 saturated carbocycles. The molecule has 0 radical (unpaired) electrons. The Kier molecular flexibility index (Phi) is 7.88. The number of nitrogens with one attached hydrogen (secondary N) is 2. The number of benzene rings is 1. The van der Waals surface area contributed by atoms with Gasteiger partial charge in [-0.1, -0.05) is 58.0 Å². The van der Waals surface area contributed by atoms with E-state index < -0.39 is 6.04 Å². The SMILES string of the molecule is CC(C)C1CCC(C(=O)N[C@@H](C(=O)N[C@@H](C)c2ccccc2)C(C)C)CC1. The molecule has 2 atom stereocenters. The molecule has 2 N–H and O–H groups in total. The Morgan fingerprint density at radius 2 is 1.48 bits per heavy atom. The van der Waals surface area contributed by atoms with E-state index in [2.05, 4.69) is 24.5 Å². The van der Waals surface area contributed by atoms with Gasteiger partial charge < -0.3 is 10.6 Å². The standard InChI is InChI=1S/C23H36N2O2/c1-15(2)18-11-13-20(14-12-18)22(26)25-21(16(3)4)23(27)24-17(5)19-9-7-6-8-10-19/h6-10,15-18,20-21H,11-14H2,1-5H3,(H,24,27)(H,25,26)/t17-,18?,20?,21+/m0/s1. The lowest BCUT2D eigenvalue weighted by Gasteiger charge is -2.32. The van der Waals surface area contributed by atoms with Gasteiger partial charge >= 0.3 is 0 Å². The first-order valence-electron chi connectivity index (χ1n) is 10.4. The highest BCUT2D eigenvalue weighted by Crippen LogP contribution is 2.33. The van der Waals surface area contributed by atoms with E-state index in [0.717, 1.165) is 37.2 Å². The molecule has 1 aliphatic rings. The summed E-state index contributed by atoms with van der Waals surface area (Å²) in [6, 6.07) is 9.32. The van der Waals surface area contributed by atoms with E-state index in [1.54, 1.807) is 0 Å². The fourth-order valence-corrected chi connectivity index (χ4v) is 3.98. The third-order valence-electron chi connectivity index (χ3n) is 5.99. The van der Waals surface area contributed by atoms with Gasteiger partial charge in [-0.05, 0) is 55.9 Å². The topological polar surface area (TPSA) is 58.2 Å². The molecule has 1 aliphatic carbocycles. The number of hydrogen-bond acceptors (Lipinski definition) is 2. The molecular weight excluding hydrogens is 336 g/mol. The van der Waals surface area contributed by atoms with Crippen LogP contribution in [0, 0.1) is 23.7 Å². The first-order valence-corrected chi connectivity index (χ1v) is 10.4. The zero-order valence-electron chi connectivity index (χ0n) is 17.5.